The molecule has 3 saturated heterocycles. The van der Waals surface area contributed by atoms with E-state index in [2.05, 4.69) is 92.8 Å². The van der Waals surface area contributed by atoms with Crippen molar-refractivity contribution in [1.29, 1.82) is 0 Å². The highest BCUT2D eigenvalue weighted by molar-refractivity contribution is 5.98. The Morgan fingerprint density at radius 2 is 1.55 bits per heavy atom. The van der Waals surface area contributed by atoms with Crippen molar-refractivity contribution in [2.75, 3.05) is 41.3 Å². The maximum absolute atomic E-state index is 13.5. The Balaban J connectivity index is 0.796. The molecule has 58 heavy (non-hydrogen) atoms. The van der Waals surface area contributed by atoms with Gasteiger partial charge in [0.2, 0.25) is 17.8 Å². The fourth-order valence-corrected chi connectivity index (χ4v) is 9.46. The smallest absolute Gasteiger partial charge is 0.278 e. The molecule has 6 heterocycles. The third kappa shape index (κ3) is 7.62. The summed E-state index contributed by atoms with van der Waals surface area (Å²) >= 11 is 0. The van der Waals surface area contributed by atoms with Crippen molar-refractivity contribution in [3.63, 3.8) is 0 Å². The van der Waals surface area contributed by atoms with Crippen LogP contribution < -0.4 is 31.3 Å². The molecule has 1 unspecified atom stereocenters. The standard InChI is InChI=1S/C45H52N10O3/c1-3-20-54-44(58)38-28-46-45(51-43(38)55(54)39-15-10-30-9-8-29(4-2)42(30)49-39)48-33-11-13-36(14-12-33)52-21-16-34(17-22-52)47-35-18-23-53(24-19-35)37-7-5-6-31(25-37)32-26-40(56)50-41(57)27-32/h3,5-7,10-15,25,28-29,32,34-35,47H,1,4,8-9,16-24,26-27H2,2H3,(H,46,48,51)(H,50,56,57). The third-order valence-corrected chi connectivity index (χ3v) is 12.6. The van der Waals surface area contributed by atoms with Crippen LogP contribution in [0.2, 0.25) is 0 Å². The molecule has 300 valence electrons. The first-order valence-corrected chi connectivity index (χ1v) is 21.0. The number of carbonyl (C=O) groups is 2. The van der Waals surface area contributed by atoms with E-state index in [1.165, 1.54) is 16.9 Å². The van der Waals surface area contributed by atoms with E-state index in [1.807, 2.05) is 16.8 Å². The van der Waals surface area contributed by atoms with Crippen LogP contribution in [0.25, 0.3) is 16.9 Å². The largest absolute Gasteiger partial charge is 0.371 e. The highest BCUT2D eigenvalue weighted by Gasteiger charge is 2.29. The summed E-state index contributed by atoms with van der Waals surface area (Å²) in [4.78, 5) is 56.8. The summed E-state index contributed by atoms with van der Waals surface area (Å²) in [5.41, 5.74) is 7.06. The number of imide groups is 1. The van der Waals surface area contributed by atoms with Crippen molar-refractivity contribution in [1.82, 2.24) is 34.9 Å². The summed E-state index contributed by atoms with van der Waals surface area (Å²) in [6, 6.07) is 22.0. The van der Waals surface area contributed by atoms with Crippen molar-refractivity contribution in [2.45, 2.75) is 95.2 Å². The SMILES string of the molecule is C=CCn1c(=O)c2cnc(Nc3ccc(N4CCC(NC5CCN(c6cccc(C7CC(=O)NC(=O)C7)c6)CC5)CC4)cc3)nc2n1-c1ccc2c(n1)C(CC)CC2. The van der Waals surface area contributed by atoms with Crippen molar-refractivity contribution >= 4 is 45.9 Å². The van der Waals surface area contributed by atoms with Crippen LogP contribution in [-0.2, 0) is 22.6 Å². The zero-order valence-corrected chi connectivity index (χ0v) is 33.2. The molecule has 5 aromatic rings. The molecule has 0 bridgehead atoms. The average Bonchev–Trinajstić information content (AvgIpc) is 3.78. The van der Waals surface area contributed by atoms with Gasteiger partial charge in [0.05, 0.1) is 6.54 Å². The molecule has 9 rings (SSSR count). The van der Waals surface area contributed by atoms with E-state index in [-0.39, 0.29) is 23.3 Å². The topological polar surface area (TPSA) is 142 Å². The fraction of sp³-hybridized carbons (Fsp3) is 0.422. The number of allylic oxidation sites excluding steroid dienone is 1. The van der Waals surface area contributed by atoms with E-state index < -0.39 is 0 Å². The number of carbonyl (C=O) groups excluding carboxylic acids is 2. The minimum absolute atomic E-state index is 0.0472. The maximum atomic E-state index is 13.5. The number of pyridine rings is 1. The molecule has 2 amide bonds. The second-order valence-electron chi connectivity index (χ2n) is 16.3. The number of aryl methyl sites for hydroxylation is 1. The molecule has 0 saturated carbocycles. The lowest BCUT2D eigenvalue weighted by Gasteiger charge is -2.39. The lowest BCUT2D eigenvalue weighted by Crippen LogP contribution is -2.50. The summed E-state index contributed by atoms with van der Waals surface area (Å²) in [5.74, 6) is 1.10. The highest BCUT2D eigenvalue weighted by atomic mass is 16.2. The van der Waals surface area contributed by atoms with E-state index in [0.717, 1.165) is 88.1 Å². The number of nitrogens with one attached hydrogen (secondary N) is 3. The number of rotatable bonds is 11. The van der Waals surface area contributed by atoms with Gasteiger partial charge in [0.25, 0.3) is 5.56 Å². The van der Waals surface area contributed by atoms with Gasteiger partial charge in [-0.3, -0.25) is 19.7 Å². The molecule has 4 aliphatic rings. The quantitative estimate of drug-likeness (QED) is 0.106. The van der Waals surface area contributed by atoms with E-state index in [0.29, 0.717) is 60.2 Å². The molecule has 1 aliphatic carbocycles. The fourth-order valence-electron chi connectivity index (χ4n) is 9.46. The molecule has 13 nitrogen and oxygen atoms in total. The van der Waals surface area contributed by atoms with Crippen LogP contribution in [0.4, 0.5) is 23.0 Å². The van der Waals surface area contributed by atoms with Crippen molar-refractivity contribution in [2.24, 2.45) is 0 Å². The predicted octanol–water partition coefficient (Wildman–Crippen LogP) is 6.09. The van der Waals surface area contributed by atoms with E-state index in [4.69, 9.17) is 9.97 Å². The maximum Gasteiger partial charge on any atom is 0.278 e. The first kappa shape index (κ1) is 37.7. The number of hydrogen-bond acceptors (Lipinski definition) is 10. The second kappa shape index (κ2) is 16.2. The minimum atomic E-state index is -0.184. The van der Waals surface area contributed by atoms with Crippen LogP contribution >= 0.6 is 0 Å². The van der Waals surface area contributed by atoms with Gasteiger partial charge in [-0.1, -0.05) is 31.2 Å². The average molecular weight is 781 g/mol. The number of aromatic nitrogens is 5. The Kier molecular flexibility index (Phi) is 10.5. The van der Waals surface area contributed by atoms with Gasteiger partial charge in [-0.2, -0.15) is 4.98 Å². The number of anilines is 4. The zero-order valence-electron chi connectivity index (χ0n) is 33.2. The van der Waals surface area contributed by atoms with Crippen LogP contribution in [0.3, 0.4) is 0 Å². The molecular formula is C45H52N10O3. The van der Waals surface area contributed by atoms with Crippen LogP contribution in [-0.4, -0.2) is 74.4 Å². The van der Waals surface area contributed by atoms with Gasteiger partial charge in [0, 0.05) is 91.9 Å². The Morgan fingerprint density at radius 1 is 0.845 bits per heavy atom. The number of nitrogens with zero attached hydrogens (tertiary/aromatic N) is 7. The number of amides is 2. The van der Waals surface area contributed by atoms with E-state index in [9.17, 15) is 14.4 Å². The lowest BCUT2D eigenvalue weighted by atomic mass is 9.89. The Bertz CT molecular complexity index is 2370. The first-order valence-electron chi connectivity index (χ1n) is 21.0. The number of fused-ring (bicyclic) bond motifs is 2. The lowest BCUT2D eigenvalue weighted by molar-refractivity contribution is -0.133. The normalized spacial score (nSPS) is 19.4. The third-order valence-electron chi connectivity index (χ3n) is 12.6. The molecule has 1 atom stereocenters. The number of piperidine rings is 3. The van der Waals surface area contributed by atoms with Gasteiger partial charge < -0.3 is 20.4 Å². The molecule has 3 N–H and O–H groups in total. The monoisotopic (exact) mass is 780 g/mol. The summed E-state index contributed by atoms with van der Waals surface area (Å²) in [6.07, 6.45) is 11.6. The molecule has 0 spiro atoms. The Morgan fingerprint density at radius 3 is 2.24 bits per heavy atom. The Hall–Kier alpha value is -5.82. The van der Waals surface area contributed by atoms with Crippen molar-refractivity contribution < 1.29 is 9.59 Å². The van der Waals surface area contributed by atoms with E-state index in [1.54, 1.807) is 17.0 Å². The summed E-state index contributed by atoms with van der Waals surface area (Å²) < 4.78 is 3.45. The van der Waals surface area contributed by atoms with E-state index >= 15 is 0 Å². The summed E-state index contributed by atoms with van der Waals surface area (Å²) in [5, 5.41) is 10.2. The van der Waals surface area contributed by atoms with Gasteiger partial charge in [-0.25, -0.2) is 19.3 Å². The molecule has 13 heteroatoms. The van der Waals surface area contributed by atoms with Crippen LogP contribution in [0.5, 0.6) is 0 Å². The van der Waals surface area contributed by atoms with Gasteiger partial charge in [0.15, 0.2) is 11.5 Å². The molecule has 2 aromatic carbocycles. The summed E-state index contributed by atoms with van der Waals surface area (Å²) in [7, 11) is 0. The van der Waals surface area contributed by atoms with Gasteiger partial charge >= 0.3 is 0 Å². The summed E-state index contributed by atoms with van der Waals surface area (Å²) in [6.45, 7) is 10.4. The van der Waals surface area contributed by atoms with Gasteiger partial charge in [0.1, 0.15) is 5.39 Å². The molecule has 3 aliphatic heterocycles. The van der Waals surface area contributed by atoms with Gasteiger partial charge in [-0.15, -0.1) is 6.58 Å². The number of benzene rings is 2. The van der Waals surface area contributed by atoms with Gasteiger partial charge in [-0.05, 0) is 98.5 Å². The molecule has 0 radical (unpaired) electrons. The zero-order chi connectivity index (χ0) is 39.8. The molecule has 3 fully saturated rings. The predicted molar refractivity (Wildman–Crippen MR) is 227 cm³/mol. The first-order chi connectivity index (χ1) is 28.3. The second-order valence-corrected chi connectivity index (χ2v) is 16.3. The van der Waals surface area contributed by atoms with Crippen LogP contribution in [0.15, 0.2) is 84.3 Å². The molecular weight excluding hydrogens is 729 g/mol. The van der Waals surface area contributed by atoms with Crippen molar-refractivity contribution in [3.05, 3.63) is 107 Å². The molecule has 3 aromatic heterocycles. The number of hydrogen-bond donors (Lipinski definition) is 3. The van der Waals surface area contributed by atoms with Crippen LogP contribution in [0, 0.1) is 0 Å². The Labute approximate surface area is 338 Å². The van der Waals surface area contributed by atoms with Crippen LogP contribution in [0.1, 0.15) is 86.9 Å². The minimum Gasteiger partial charge on any atom is -0.371 e. The highest BCUT2D eigenvalue weighted by Crippen LogP contribution is 2.35. The van der Waals surface area contributed by atoms with Crippen molar-refractivity contribution in [3.8, 4) is 5.82 Å².